The van der Waals surface area contributed by atoms with Gasteiger partial charge in [-0.05, 0) is 37.3 Å². The molecule has 2 rings (SSSR count). The van der Waals surface area contributed by atoms with Crippen molar-refractivity contribution >= 4 is 23.1 Å². The molecule has 0 bridgehead atoms. The average molecular weight is 281 g/mol. The van der Waals surface area contributed by atoms with Gasteiger partial charge in [0.2, 0.25) is 0 Å². The highest BCUT2D eigenvalue weighted by molar-refractivity contribution is 6.31. The van der Waals surface area contributed by atoms with Crippen LogP contribution in [0.25, 0.3) is 0 Å². The quantitative estimate of drug-likeness (QED) is 0.931. The van der Waals surface area contributed by atoms with Gasteiger partial charge < -0.3 is 10.0 Å². The highest BCUT2D eigenvalue weighted by Crippen LogP contribution is 2.26. The summed E-state index contributed by atoms with van der Waals surface area (Å²) in [5.41, 5.74) is 1.12. The number of pyridine rings is 1. The average Bonchev–Trinajstić information content (AvgIpc) is 2.41. The van der Waals surface area contributed by atoms with Crippen LogP contribution < -0.4 is 4.90 Å². The van der Waals surface area contributed by atoms with E-state index in [9.17, 15) is 9.50 Å². The standard InChI is InChI=1S/C14H14ClFN2O/c1-2-18(11-5-3-4-10(16)8-11)14-7-6-12(15)13(9-19)17-14/h3-8,19H,2,9H2,1H3. The van der Waals surface area contributed by atoms with E-state index in [1.54, 1.807) is 18.2 Å². The fourth-order valence-corrected chi connectivity index (χ4v) is 2.02. The molecule has 1 aromatic heterocycles. The molecule has 5 heteroatoms. The van der Waals surface area contributed by atoms with Gasteiger partial charge in [-0.2, -0.15) is 0 Å². The third-order valence-electron chi connectivity index (χ3n) is 2.77. The van der Waals surface area contributed by atoms with Crippen LogP contribution in [0, 0.1) is 5.82 Å². The van der Waals surface area contributed by atoms with Gasteiger partial charge in [0.15, 0.2) is 0 Å². The van der Waals surface area contributed by atoms with Crippen LogP contribution in [-0.4, -0.2) is 16.6 Å². The lowest BCUT2D eigenvalue weighted by molar-refractivity contribution is 0.277. The first-order valence-corrected chi connectivity index (χ1v) is 6.33. The van der Waals surface area contributed by atoms with E-state index in [-0.39, 0.29) is 12.4 Å². The Morgan fingerprint density at radius 3 is 2.74 bits per heavy atom. The number of hydrogen-bond donors (Lipinski definition) is 1. The lowest BCUT2D eigenvalue weighted by Gasteiger charge is -2.22. The van der Waals surface area contributed by atoms with Crippen LogP contribution in [0.4, 0.5) is 15.9 Å². The van der Waals surface area contributed by atoms with Gasteiger partial charge in [-0.25, -0.2) is 9.37 Å². The molecule has 0 fully saturated rings. The van der Waals surface area contributed by atoms with E-state index in [1.165, 1.54) is 12.1 Å². The van der Waals surface area contributed by atoms with E-state index in [1.807, 2.05) is 17.9 Å². The van der Waals surface area contributed by atoms with E-state index >= 15 is 0 Å². The van der Waals surface area contributed by atoms with Crippen molar-refractivity contribution in [2.45, 2.75) is 13.5 Å². The summed E-state index contributed by atoms with van der Waals surface area (Å²) >= 11 is 5.91. The van der Waals surface area contributed by atoms with Crippen molar-refractivity contribution < 1.29 is 9.50 Å². The molecule has 0 amide bonds. The van der Waals surface area contributed by atoms with Crippen molar-refractivity contribution in [3.63, 3.8) is 0 Å². The van der Waals surface area contributed by atoms with E-state index in [2.05, 4.69) is 4.98 Å². The number of rotatable bonds is 4. The summed E-state index contributed by atoms with van der Waals surface area (Å²) in [5.74, 6) is 0.328. The molecule has 1 aromatic carbocycles. The third-order valence-corrected chi connectivity index (χ3v) is 3.11. The van der Waals surface area contributed by atoms with E-state index in [4.69, 9.17) is 11.6 Å². The number of aliphatic hydroxyl groups excluding tert-OH is 1. The van der Waals surface area contributed by atoms with Gasteiger partial charge in [-0.1, -0.05) is 17.7 Å². The fraction of sp³-hybridized carbons (Fsp3) is 0.214. The molecule has 19 heavy (non-hydrogen) atoms. The molecule has 0 atom stereocenters. The lowest BCUT2D eigenvalue weighted by Crippen LogP contribution is -2.18. The predicted molar refractivity (Wildman–Crippen MR) is 74.2 cm³/mol. The van der Waals surface area contributed by atoms with Crippen LogP contribution >= 0.6 is 11.6 Å². The number of hydrogen-bond acceptors (Lipinski definition) is 3. The molecular formula is C14H14ClFN2O. The lowest BCUT2D eigenvalue weighted by atomic mass is 10.2. The first kappa shape index (κ1) is 13.8. The first-order chi connectivity index (χ1) is 9.15. The Morgan fingerprint density at radius 2 is 2.11 bits per heavy atom. The van der Waals surface area contributed by atoms with Crippen molar-refractivity contribution in [3.8, 4) is 0 Å². The number of anilines is 2. The molecule has 0 unspecified atom stereocenters. The van der Waals surface area contributed by atoms with Crippen molar-refractivity contribution in [3.05, 3.63) is 52.9 Å². The number of aliphatic hydroxyl groups is 1. The van der Waals surface area contributed by atoms with Crippen LogP contribution in [0.2, 0.25) is 5.02 Å². The summed E-state index contributed by atoms with van der Waals surface area (Å²) in [6.45, 7) is 2.34. The second-order valence-corrected chi connectivity index (χ2v) is 4.39. The Kier molecular flexibility index (Phi) is 4.35. The molecule has 0 aliphatic rings. The Hall–Kier alpha value is -1.65. The summed E-state index contributed by atoms with van der Waals surface area (Å²) in [5, 5.41) is 9.60. The molecule has 0 spiro atoms. The van der Waals surface area contributed by atoms with Crippen LogP contribution in [0.3, 0.4) is 0 Å². The Bertz CT molecular complexity index is 577. The molecule has 0 radical (unpaired) electrons. The Morgan fingerprint density at radius 1 is 1.32 bits per heavy atom. The zero-order chi connectivity index (χ0) is 13.8. The van der Waals surface area contributed by atoms with Crippen LogP contribution in [0.5, 0.6) is 0 Å². The summed E-state index contributed by atoms with van der Waals surface area (Å²) in [6, 6.07) is 9.72. The Balaban J connectivity index is 2.42. The monoisotopic (exact) mass is 280 g/mol. The molecule has 0 aliphatic heterocycles. The number of aromatic nitrogens is 1. The minimum Gasteiger partial charge on any atom is -0.390 e. The normalized spacial score (nSPS) is 10.5. The summed E-state index contributed by atoms with van der Waals surface area (Å²) in [4.78, 5) is 6.14. The highest BCUT2D eigenvalue weighted by atomic mass is 35.5. The van der Waals surface area contributed by atoms with Gasteiger partial charge in [-0.3, -0.25) is 0 Å². The molecule has 1 heterocycles. The molecular weight excluding hydrogens is 267 g/mol. The van der Waals surface area contributed by atoms with Gasteiger partial charge in [0, 0.05) is 12.2 Å². The van der Waals surface area contributed by atoms with Crippen molar-refractivity contribution in [1.82, 2.24) is 4.98 Å². The molecule has 0 saturated heterocycles. The molecule has 0 aliphatic carbocycles. The molecule has 100 valence electrons. The van der Waals surface area contributed by atoms with E-state index in [0.29, 0.717) is 28.8 Å². The SMILES string of the molecule is CCN(c1cccc(F)c1)c1ccc(Cl)c(CO)n1. The second kappa shape index (κ2) is 5.99. The van der Waals surface area contributed by atoms with E-state index < -0.39 is 0 Å². The first-order valence-electron chi connectivity index (χ1n) is 5.95. The van der Waals surface area contributed by atoms with Crippen LogP contribution in [-0.2, 0) is 6.61 Å². The summed E-state index contributed by atoms with van der Waals surface area (Å²) in [6.07, 6.45) is 0. The summed E-state index contributed by atoms with van der Waals surface area (Å²) < 4.78 is 13.3. The van der Waals surface area contributed by atoms with Gasteiger partial charge in [0.25, 0.3) is 0 Å². The topological polar surface area (TPSA) is 36.4 Å². The summed E-state index contributed by atoms with van der Waals surface area (Å²) in [7, 11) is 0. The van der Waals surface area contributed by atoms with Gasteiger partial charge in [-0.15, -0.1) is 0 Å². The molecule has 3 nitrogen and oxygen atoms in total. The van der Waals surface area contributed by atoms with Gasteiger partial charge in [0.1, 0.15) is 11.6 Å². The number of halogens is 2. The van der Waals surface area contributed by atoms with Crippen LogP contribution in [0.1, 0.15) is 12.6 Å². The van der Waals surface area contributed by atoms with Gasteiger partial charge >= 0.3 is 0 Å². The molecule has 2 aromatic rings. The third kappa shape index (κ3) is 3.03. The smallest absolute Gasteiger partial charge is 0.133 e. The molecule has 1 N–H and O–H groups in total. The minimum atomic E-state index is -0.299. The number of benzene rings is 1. The maximum Gasteiger partial charge on any atom is 0.133 e. The molecule has 0 saturated carbocycles. The van der Waals surface area contributed by atoms with Crippen molar-refractivity contribution in [1.29, 1.82) is 0 Å². The van der Waals surface area contributed by atoms with Gasteiger partial charge in [0.05, 0.1) is 17.3 Å². The Labute approximate surface area is 116 Å². The predicted octanol–water partition coefficient (Wildman–Crippen LogP) is 3.52. The zero-order valence-corrected chi connectivity index (χ0v) is 11.2. The van der Waals surface area contributed by atoms with Crippen LogP contribution in [0.15, 0.2) is 36.4 Å². The highest BCUT2D eigenvalue weighted by Gasteiger charge is 2.11. The maximum absolute atomic E-state index is 13.3. The maximum atomic E-state index is 13.3. The minimum absolute atomic E-state index is 0.229. The second-order valence-electron chi connectivity index (χ2n) is 3.98. The van der Waals surface area contributed by atoms with Crippen molar-refractivity contribution in [2.24, 2.45) is 0 Å². The van der Waals surface area contributed by atoms with Crippen molar-refractivity contribution in [2.75, 3.05) is 11.4 Å². The zero-order valence-electron chi connectivity index (χ0n) is 10.5. The number of nitrogens with zero attached hydrogens (tertiary/aromatic N) is 2. The largest absolute Gasteiger partial charge is 0.390 e. The van der Waals surface area contributed by atoms with E-state index in [0.717, 1.165) is 0 Å². The fourth-order valence-electron chi connectivity index (χ4n) is 1.85.